The molecule has 0 fully saturated rings. The van der Waals surface area contributed by atoms with Gasteiger partial charge in [0.2, 0.25) is 12.7 Å². The van der Waals surface area contributed by atoms with Gasteiger partial charge in [-0.05, 0) is 38.1 Å². The van der Waals surface area contributed by atoms with Gasteiger partial charge in [-0.25, -0.2) is 0 Å². The molecule has 0 saturated carbocycles. The molecule has 0 spiro atoms. The number of hydrogen-bond acceptors (Lipinski definition) is 4. The van der Waals surface area contributed by atoms with Crippen molar-refractivity contribution in [1.29, 1.82) is 0 Å². The van der Waals surface area contributed by atoms with Gasteiger partial charge in [0.05, 0.1) is 6.04 Å². The Bertz CT molecular complexity index is 476. The SMILES string of the molecule is CCNC(C)CC(=O)NC(C)c1ccc2c(c1)OCO2. The van der Waals surface area contributed by atoms with Gasteiger partial charge in [0.25, 0.3) is 0 Å². The van der Waals surface area contributed by atoms with E-state index in [0.717, 1.165) is 23.6 Å². The van der Waals surface area contributed by atoms with Crippen LogP contribution in [0.1, 0.15) is 38.8 Å². The first-order chi connectivity index (χ1) is 9.60. The van der Waals surface area contributed by atoms with Crippen LogP contribution in [0.3, 0.4) is 0 Å². The lowest BCUT2D eigenvalue weighted by Gasteiger charge is -2.17. The van der Waals surface area contributed by atoms with Crippen molar-refractivity contribution in [2.24, 2.45) is 0 Å². The highest BCUT2D eigenvalue weighted by molar-refractivity contribution is 5.77. The fraction of sp³-hybridized carbons (Fsp3) is 0.533. The molecule has 1 aliphatic heterocycles. The Morgan fingerprint density at radius 3 is 2.80 bits per heavy atom. The van der Waals surface area contributed by atoms with Gasteiger partial charge in [-0.3, -0.25) is 4.79 Å². The van der Waals surface area contributed by atoms with Crippen LogP contribution in [-0.4, -0.2) is 25.3 Å². The minimum Gasteiger partial charge on any atom is -0.454 e. The van der Waals surface area contributed by atoms with Crippen LogP contribution >= 0.6 is 0 Å². The first-order valence-electron chi connectivity index (χ1n) is 7.02. The molecule has 0 saturated heterocycles. The van der Waals surface area contributed by atoms with Gasteiger partial charge in [-0.2, -0.15) is 0 Å². The summed E-state index contributed by atoms with van der Waals surface area (Å²) in [5.74, 6) is 1.54. The maximum Gasteiger partial charge on any atom is 0.231 e. The van der Waals surface area contributed by atoms with Crippen molar-refractivity contribution in [1.82, 2.24) is 10.6 Å². The van der Waals surface area contributed by atoms with E-state index >= 15 is 0 Å². The van der Waals surface area contributed by atoms with Crippen molar-refractivity contribution in [3.05, 3.63) is 23.8 Å². The zero-order chi connectivity index (χ0) is 14.5. The van der Waals surface area contributed by atoms with Crippen LogP contribution in [0.5, 0.6) is 11.5 Å². The molecule has 1 aliphatic rings. The first kappa shape index (κ1) is 14.7. The maximum absolute atomic E-state index is 11.9. The number of hydrogen-bond donors (Lipinski definition) is 2. The lowest BCUT2D eigenvalue weighted by Crippen LogP contribution is -2.34. The highest BCUT2D eigenvalue weighted by atomic mass is 16.7. The molecular weight excluding hydrogens is 256 g/mol. The van der Waals surface area contributed by atoms with E-state index in [1.165, 1.54) is 0 Å². The van der Waals surface area contributed by atoms with Crippen LogP contribution in [0, 0.1) is 0 Å². The van der Waals surface area contributed by atoms with Gasteiger partial charge in [0.1, 0.15) is 0 Å². The third kappa shape index (κ3) is 3.63. The minimum atomic E-state index is -0.0502. The molecule has 1 heterocycles. The normalized spacial score (nSPS) is 15.8. The number of rotatable bonds is 6. The Kier molecular flexibility index (Phi) is 4.84. The molecule has 0 aromatic heterocycles. The number of ether oxygens (including phenoxy) is 2. The largest absolute Gasteiger partial charge is 0.454 e. The van der Waals surface area contributed by atoms with Crippen LogP contribution < -0.4 is 20.1 Å². The number of nitrogens with one attached hydrogen (secondary N) is 2. The quantitative estimate of drug-likeness (QED) is 0.835. The van der Waals surface area contributed by atoms with E-state index in [9.17, 15) is 4.79 Å². The van der Waals surface area contributed by atoms with E-state index in [4.69, 9.17) is 9.47 Å². The zero-order valence-corrected chi connectivity index (χ0v) is 12.2. The topological polar surface area (TPSA) is 59.6 Å². The number of carbonyl (C=O) groups is 1. The van der Waals surface area contributed by atoms with E-state index in [1.54, 1.807) is 0 Å². The summed E-state index contributed by atoms with van der Waals surface area (Å²) in [7, 11) is 0. The molecule has 2 atom stereocenters. The molecule has 0 bridgehead atoms. The Balaban J connectivity index is 1.91. The molecule has 1 aromatic carbocycles. The van der Waals surface area contributed by atoms with Crippen molar-refractivity contribution < 1.29 is 14.3 Å². The first-order valence-corrected chi connectivity index (χ1v) is 7.02. The number of benzene rings is 1. The molecular formula is C15H22N2O3. The van der Waals surface area contributed by atoms with E-state index < -0.39 is 0 Å². The molecule has 5 nitrogen and oxygen atoms in total. The second kappa shape index (κ2) is 6.61. The number of carbonyl (C=O) groups excluding carboxylic acids is 1. The van der Waals surface area contributed by atoms with Crippen LogP contribution in [0.25, 0.3) is 0 Å². The average molecular weight is 278 g/mol. The van der Waals surface area contributed by atoms with E-state index in [1.807, 2.05) is 39.0 Å². The summed E-state index contributed by atoms with van der Waals surface area (Å²) in [5, 5.41) is 6.23. The molecule has 2 rings (SSSR count). The van der Waals surface area contributed by atoms with Crippen LogP contribution in [0.4, 0.5) is 0 Å². The molecule has 0 aliphatic carbocycles. The van der Waals surface area contributed by atoms with Crippen LogP contribution in [-0.2, 0) is 4.79 Å². The predicted molar refractivity (Wildman–Crippen MR) is 76.9 cm³/mol. The minimum absolute atomic E-state index is 0.0450. The monoisotopic (exact) mass is 278 g/mol. The summed E-state index contributed by atoms with van der Waals surface area (Å²) >= 11 is 0. The maximum atomic E-state index is 11.9. The molecule has 2 unspecified atom stereocenters. The smallest absolute Gasteiger partial charge is 0.231 e. The highest BCUT2D eigenvalue weighted by Crippen LogP contribution is 2.34. The van der Waals surface area contributed by atoms with Gasteiger partial charge in [0.15, 0.2) is 11.5 Å². The molecule has 20 heavy (non-hydrogen) atoms. The van der Waals surface area contributed by atoms with Gasteiger partial charge >= 0.3 is 0 Å². The summed E-state index contributed by atoms with van der Waals surface area (Å²) in [4.78, 5) is 11.9. The average Bonchev–Trinajstić information content (AvgIpc) is 2.85. The second-order valence-electron chi connectivity index (χ2n) is 5.06. The van der Waals surface area contributed by atoms with E-state index in [0.29, 0.717) is 6.42 Å². The van der Waals surface area contributed by atoms with Gasteiger partial charge in [-0.1, -0.05) is 13.0 Å². The molecule has 110 valence electrons. The fourth-order valence-electron chi connectivity index (χ4n) is 2.26. The van der Waals surface area contributed by atoms with E-state index in [2.05, 4.69) is 10.6 Å². The zero-order valence-electron chi connectivity index (χ0n) is 12.2. The molecule has 5 heteroatoms. The van der Waals surface area contributed by atoms with Gasteiger partial charge < -0.3 is 20.1 Å². The number of fused-ring (bicyclic) bond motifs is 1. The Labute approximate surface area is 119 Å². The third-order valence-corrected chi connectivity index (χ3v) is 3.32. The molecule has 1 aromatic rings. The highest BCUT2D eigenvalue weighted by Gasteiger charge is 2.17. The molecule has 2 N–H and O–H groups in total. The van der Waals surface area contributed by atoms with Crippen LogP contribution in [0.2, 0.25) is 0 Å². The standard InChI is InChI=1S/C15H22N2O3/c1-4-16-10(2)7-15(18)17-11(3)12-5-6-13-14(8-12)20-9-19-13/h5-6,8,10-11,16H,4,7,9H2,1-3H3,(H,17,18). The Hall–Kier alpha value is -1.75. The lowest BCUT2D eigenvalue weighted by molar-refractivity contribution is -0.122. The van der Waals surface area contributed by atoms with Crippen molar-refractivity contribution >= 4 is 5.91 Å². The van der Waals surface area contributed by atoms with Crippen molar-refractivity contribution in [2.45, 2.75) is 39.3 Å². The van der Waals surface area contributed by atoms with Gasteiger partial charge in [-0.15, -0.1) is 0 Å². The van der Waals surface area contributed by atoms with Crippen molar-refractivity contribution in [3.8, 4) is 11.5 Å². The fourth-order valence-corrected chi connectivity index (χ4v) is 2.26. The van der Waals surface area contributed by atoms with Crippen LogP contribution in [0.15, 0.2) is 18.2 Å². The molecule has 0 radical (unpaired) electrons. The summed E-state index contributed by atoms with van der Waals surface area (Å²) < 4.78 is 10.6. The summed E-state index contributed by atoms with van der Waals surface area (Å²) in [6, 6.07) is 5.88. The third-order valence-electron chi connectivity index (χ3n) is 3.32. The summed E-state index contributed by atoms with van der Waals surface area (Å²) in [6.07, 6.45) is 0.475. The predicted octanol–water partition coefficient (Wildman–Crippen LogP) is 1.98. The Morgan fingerprint density at radius 2 is 2.05 bits per heavy atom. The summed E-state index contributed by atoms with van der Waals surface area (Å²) in [5.41, 5.74) is 1.01. The van der Waals surface area contributed by atoms with E-state index in [-0.39, 0.29) is 24.8 Å². The number of amides is 1. The molecule has 1 amide bonds. The van der Waals surface area contributed by atoms with Gasteiger partial charge in [0, 0.05) is 12.5 Å². The lowest BCUT2D eigenvalue weighted by atomic mass is 10.1. The van der Waals surface area contributed by atoms with Crippen molar-refractivity contribution in [3.63, 3.8) is 0 Å². The second-order valence-corrected chi connectivity index (χ2v) is 5.06. The Morgan fingerprint density at radius 1 is 1.30 bits per heavy atom. The van der Waals surface area contributed by atoms with Crippen molar-refractivity contribution in [2.75, 3.05) is 13.3 Å². The summed E-state index contributed by atoms with van der Waals surface area (Å²) in [6.45, 7) is 7.14.